The summed E-state index contributed by atoms with van der Waals surface area (Å²) in [5.74, 6) is 0. The number of nitrogens with zero attached hydrogens (tertiary/aromatic N) is 1. The van der Waals surface area contributed by atoms with Crippen LogP contribution in [0.15, 0.2) is 53.7 Å². The van der Waals surface area contributed by atoms with Gasteiger partial charge in [-0.1, -0.05) is 59.3 Å². The van der Waals surface area contributed by atoms with Crippen LogP contribution in [0.4, 0.5) is 0 Å². The lowest BCUT2D eigenvalue weighted by Gasteiger charge is -2.09. The van der Waals surface area contributed by atoms with E-state index in [1.54, 1.807) is 0 Å². The van der Waals surface area contributed by atoms with Gasteiger partial charge in [-0.05, 0) is 19.4 Å². The van der Waals surface area contributed by atoms with E-state index >= 15 is 0 Å². The second-order valence-corrected chi connectivity index (χ2v) is 4.13. The molecule has 0 aliphatic heterocycles. The molecule has 2 nitrogen and oxygen atoms in total. The maximum atomic E-state index is 9.21. The molecule has 0 fully saturated rings. The Hall–Kier alpha value is -2.09. The topological polar surface area (TPSA) is 32.6 Å². The number of oxime groups is 1. The van der Waals surface area contributed by atoms with Gasteiger partial charge in [0.05, 0.1) is 0 Å². The molecule has 0 radical (unpaired) electrons. The predicted octanol–water partition coefficient (Wildman–Crippen LogP) is 3.53. The number of benzene rings is 2. The molecular weight excluding hydrogens is 210 g/mol. The Morgan fingerprint density at radius 1 is 1.00 bits per heavy atom. The number of hydrogen-bond donors (Lipinski definition) is 1. The van der Waals surface area contributed by atoms with Gasteiger partial charge in [-0.15, -0.1) is 0 Å². The lowest BCUT2D eigenvalue weighted by Crippen LogP contribution is -2.05. The fourth-order valence-electron chi connectivity index (χ4n) is 1.94. The zero-order chi connectivity index (χ0) is 12.3. The molecule has 0 amide bonds. The lowest BCUT2D eigenvalue weighted by atomic mass is 9.97. The standard InChI is InChI=1S/C15H15NO/c1-11-8-9-14(12(2)10-11)15(16-17)13-6-4-3-5-7-13/h3-10,17H,1-2H3/b16-15+. The van der Waals surface area contributed by atoms with Crippen molar-refractivity contribution in [3.05, 3.63) is 70.8 Å². The molecule has 0 atom stereocenters. The van der Waals surface area contributed by atoms with Gasteiger partial charge >= 0.3 is 0 Å². The third kappa shape index (κ3) is 2.36. The van der Waals surface area contributed by atoms with E-state index in [0.29, 0.717) is 5.71 Å². The van der Waals surface area contributed by atoms with Crippen molar-refractivity contribution in [1.29, 1.82) is 0 Å². The van der Waals surface area contributed by atoms with Gasteiger partial charge in [-0.3, -0.25) is 0 Å². The number of aryl methyl sites for hydroxylation is 2. The highest BCUT2D eigenvalue weighted by atomic mass is 16.4. The molecule has 2 aromatic carbocycles. The van der Waals surface area contributed by atoms with Crippen molar-refractivity contribution in [3.63, 3.8) is 0 Å². The van der Waals surface area contributed by atoms with Gasteiger partial charge in [-0.2, -0.15) is 0 Å². The van der Waals surface area contributed by atoms with Crippen molar-refractivity contribution < 1.29 is 5.21 Å². The van der Waals surface area contributed by atoms with Gasteiger partial charge in [0.25, 0.3) is 0 Å². The van der Waals surface area contributed by atoms with Gasteiger partial charge in [0.2, 0.25) is 0 Å². The van der Waals surface area contributed by atoms with Crippen LogP contribution in [0, 0.1) is 13.8 Å². The Morgan fingerprint density at radius 3 is 2.29 bits per heavy atom. The van der Waals surface area contributed by atoms with Crippen LogP contribution in [0.1, 0.15) is 22.3 Å². The van der Waals surface area contributed by atoms with Crippen molar-refractivity contribution >= 4 is 5.71 Å². The van der Waals surface area contributed by atoms with Crippen LogP contribution in [0.3, 0.4) is 0 Å². The Bertz CT molecular complexity index is 544. The average Bonchev–Trinajstić information content (AvgIpc) is 2.34. The lowest BCUT2D eigenvalue weighted by molar-refractivity contribution is 0.319. The van der Waals surface area contributed by atoms with E-state index in [4.69, 9.17) is 0 Å². The van der Waals surface area contributed by atoms with Crippen LogP contribution in [0.25, 0.3) is 0 Å². The molecule has 2 rings (SSSR count). The van der Waals surface area contributed by atoms with E-state index < -0.39 is 0 Å². The zero-order valence-corrected chi connectivity index (χ0v) is 10.0. The minimum atomic E-state index is 0.614. The summed E-state index contributed by atoms with van der Waals surface area (Å²) in [4.78, 5) is 0. The molecule has 0 bridgehead atoms. The van der Waals surface area contributed by atoms with E-state index in [1.165, 1.54) is 5.56 Å². The molecule has 0 unspecified atom stereocenters. The molecule has 1 N–H and O–H groups in total. The highest BCUT2D eigenvalue weighted by molar-refractivity contribution is 6.13. The van der Waals surface area contributed by atoms with Crippen LogP contribution in [-0.2, 0) is 0 Å². The van der Waals surface area contributed by atoms with Crippen molar-refractivity contribution in [2.75, 3.05) is 0 Å². The minimum absolute atomic E-state index is 0.614. The van der Waals surface area contributed by atoms with Crippen molar-refractivity contribution in [1.82, 2.24) is 0 Å². The van der Waals surface area contributed by atoms with E-state index in [1.807, 2.05) is 49.4 Å². The van der Waals surface area contributed by atoms with Crippen LogP contribution in [0.2, 0.25) is 0 Å². The van der Waals surface area contributed by atoms with Gasteiger partial charge < -0.3 is 5.21 Å². The summed E-state index contributed by atoms with van der Waals surface area (Å²) < 4.78 is 0. The van der Waals surface area contributed by atoms with Crippen molar-refractivity contribution in [2.24, 2.45) is 5.16 Å². The van der Waals surface area contributed by atoms with Crippen LogP contribution < -0.4 is 0 Å². The largest absolute Gasteiger partial charge is 0.410 e. The SMILES string of the molecule is Cc1ccc(/C(=N/O)c2ccccc2)c(C)c1. The Morgan fingerprint density at radius 2 is 1.71 bits per heavy atom. The third-order valence-corrected chi connectivity index (χ3v) is 2.78. The summed E-state index contributed by atoms with van der Waals surface area (Å²) in [6.07, 6.45) is 0. The second kappa shape index (κ2) is 4.83. The number of hydrogen-bond acceptors (Lipinski definition) is 2. The normalized spacial score (nSPS) is 11.5. The second-order valence-electron chi connectivity index (χ2n) is 4.13. The van der Waals surface area contributed by atoms with Crippen LogP contribution in [0.5, 0.6) is 0 Å². The average molecular weight is 225 g/mol. The quantitative estimate of drug-likeness (QED) is 0.473. The maximum Gasteiger partial charge on any atom is 0.117 e. The minimum Gasteiger partial charge on any atom is -0.410 e. The summed E-state index contributed by atoms with van der Waals surface area (Å²) >= 11 is 0. The molecule has 0 saturated heterocycles. The summed E-state index contributed by atoms with van der Waals surface area (Å²) in [5.41, 5.74) is 4.81. The Kier molecular flexibility index (Phi) is 3.24. The summed E-state index contributed by atoms with van der Waals surface area (Å²) in [6.45, 7) is 4.07. The molecule has 0 aliphatic rings. The first-order valence-electron chi connectivity index (χ1n) is 5.57. The molecule has 17 heavy (non-hydrogen) atoms. The van der Waals surface area contributed by atoms with E-state index in [-0.39, 0.29) is 0 Å². The van der Waals surface area contributed by atoms with Gasteiger partial charge in [0, 0.05) is 11.1 Å². The fourth-order valence-corrected chi connectivity index (χ4v) is 1.94. The van der Waals surface area contributed by atoms with Gasteiger partial charge in [0.1, 0.15) is 5.71 Å². The number of rotatable bonds is 2. The molecule has 2 aromatic rings. The Balaban J connectivity index is 2.51. The van der Waals surface area contributed by atoms with Crippen LogP contribution in [-0.4, -0.2) is 10.9 Å². The molecule has 0 aliphatic carbocycles. The first-order chi connectivity index (χ1) is 8.22. The monoisotopic (exact) mass is 225 g/mol. The molecule has 2 heteroatoms. The summed E-state index contributed by atoms with van der Waals surface area (Å²) in [6, 6.07) is 15.8. The van der Waals surface area contributed by atoms with E-state index in [2.05, 4.69) is 18.1 Å². The third-order valence-electron chi connectivity index (χ3n) is 2.78. The molecule has 0 heterocycles. The predicted molar refractivity (Wildman–Crippen MR) is 69.8 cm³/mol. The molecular formula is C15H15NO. The molecule has 0 saturated carbocycles. The van der Waals surface area contributed by atoms with Crippen molar-refractivity contribution in [3.8, 4) is 0 Å². The van der Waals surface area contributed by atoms with Gasteiger partial charge in [-0.25, -0.2) is 0 Å². The van der Waals surface area contributed by atoms with E-state index in [0.717, 1.165) is 16.7 Å². The zero-order valence-electron chi connectivity index (χ0n) is 10.0. The highest BCUT2D eigenvalue weighted by Crippen LogP contribution is 2.16. The Labute approximate surface area is 101 Å². The highest BCUT2D eigenvalue weighted by Gasteiger charge is 2.09. The maximum absolute atomic E-state index is 9.21. The van der Waals surface area contributed by atoms with Crippen molar-refractivity contribution in [2.45, 2.75) is 13.8 Å². The smallest absolute Gasteiger partial charge is 0.117 e. The molecule has 86 valence electrons. The summed E-state index contributed by atoms with van der Waals surface area (Å²) in [7, 11) is 0. The van der Waals surface area contributed by atoms with E-state index in [9.17, 15) is 5.21 Å². The molecule has 0 spiro atoms. The first kappa shape index (κ1) is 11.4. The van der Waals surface area contributed by atoms with Gasteiger partial charge in [0.15, 0.2) is 0 Å². The molecule has 0 aromatic heterocycles. The summed E-state index contributed by atoms with van der Waals surface area (Å²) in [5, 5.41) is 12.7. The first-order valence-corrected chi connectivity index (χ1v) is 5.57. The van der Waals surface area contributed by atoms with Crippen LogP contribution >= 0.6 is 0 Å². The fraction of sp³-hybridized carbons (Fsp3) is 0.133.